The van der Waals surface area contributed by atoms with E-state index in [9.17, 15) is 0 Å². The molecule has 0 aliphatic rings. The van der Waals surface area contributed by atoms with Crippen LogP contribution in [0.15, 0.2) is 65.2 Å². The van der Waals surface area contributed by atoms with Gasteiger partial charge in [-0.25, -0.2) is 4.98 Å². The number of nitrogens with one attached hydrogen (secondary N) is 1. The minimum Gasteiger partial charge on any atom is -0.497 e. The maximum absolute atomic E-state index is 5.93. The molecule has 2 aromatic carbocycles. The number of methoxy groups -OCH3 is 1. The molecule has 0 aliphatic carbocycles. The Morgan fingerprint density at radius 1 is 1.04 bits per heavy atom. The fraction of sp³-hybridized carbons (Fsp3) is 0.318. The van der Waals surface area contributed by atoms with Crippen molar-refractivity contribution in [1.82, 2.24) is 10.3 Å². The molecule has 3 aromatic rings. The molecule has 0 spiro atoms. The average molecular weight is 350 g/mol. The van der Waals surface area contributed by atoms with E-state index in [-0.39, 0.29) is 11.5 Å². The van der Waals surface area contributed by atoms with Crippen molar-refractivity contribution >= 4 is 0 Å². The third kappa shape index (κ3) is 4.33. The van der Waals surface area contributed by atoms with Crippen molar-refractivity contribution in [3.8, 4) is 17.1 Å². The molecule has 0 aliphatic heterocycles. The van der Waals surface area contributed by atoms with Crippen LogP contribution in [-0.2, 0) is 6.54 Å². The van der Waals surface area contributed by atoms with E-state index in [1.165, 1.54) is 5.56 Å². The molecule has 1 heterocycles. The van der Waals surface area contributed by atoms with E-state index >= 15 is 0 Å². The molecule has 0 amide bonds. The number of hydrogen-bond donors (Lipinski definition) is 1. The van der Waals surface area contributed by atoms with Crippen LogP contribution >= 0.6 is 0 Å². The van der Waals surface area contributed by atoms with Crippen LogP contribution in [0.1, 0.15) is 38.3 Å². The smallest absolute Gasteiger partial charge is 0.208 e. The molecule has 0 radical (unpaired) electrons. The Hall–Kier alpha value is -2.59. The van der Waals surface area contributed by atoms with E-state index in [1.807, 2.05) is 30.3 Å². The molecule has 4 heteroatoms. The number of hydrogen-bond acceptors (Lipinski definition) is 4. The minimum absolute atomic E-state index is 0.0762. The van der Waals surface area contributed by atoms with Crippen LogP contribution in [0, 0.1) is 5.41 Å². The van der Waals surface area contributed by atoms with Gasteiger partial charge in [0.25, 0.3) is 0 Å². The van der Waals surface area contributed by atoms with Gasteiger partial charge >= 0.3 is 0 Å². The summed E-state index contributed by atoms with van der Waals surface area (Å²) < 4.78 is 11.1. The molecule has 0 fully saturated rings. The second-order valence-corrected chi connectivity index (χ2v) is 7.44. The lowest BCUT2D eigenvalue weighted by Crippen LogP contribution is -2.32. The quantitative estimate of drug-likeness (QED) is 0.661. The highest BCUT2D eigenvalue weighted by Crippen LogP contribution is 2.33. The Morgan fingerprint density at radius 2 is 1.73 bits per heavy atom. The highest BCUT2D eigenvalue weighted by molar-refractivity contribution is 5.57. The van der Waals surface area contributed by atoms with Gasteiger partial charge in [-0.1, -0.05) is 51.1 Å². The average Bonchev–Trinajstić information content (AvgIpc) is 3.11. The molecule has 0 saturated heterocycles. The minimum atomic E-state index is 0.0762. The highest BCUT2D eigenvalue weighted by Gasteiger charge is 2.26. The molecule has 1 aromatic heterocycles. The number of nitrogens with zero attached hydrogens (tertiary/aromatic N) is 1. The summed E-state index contributed by atoms with van der Waals surface area (Å²) in [4.78, 5) is 4.42. The van der Waals surface area contributed by atoms with E-state index in [2.05, 4.69) is 55.3 Å². The van der Waals surface area contributed by atoms with Gasteiger partial charge in [0.2, 0.25) is 5.89 Å². The third-order valence-electron chi connectivity index (χ3n) is 4.38. The van der Waals surface area contributed by atoms with Crippen molar-refractivity contribution in [3.63, 3.8) is 0 Å². The molecule has 0 bridgehead atoms. The summed E-state index contributed by atoms with van der Waals surface area (Å²) in [6, 6.07) is 18.5. The summed E-state index contributed by atoms with van der Waals surface area (Å²) in [7, 11) is 1.66. The fourth-order valence-electron chi connectivity index (χ4n) is 3.04. The van der Waals surface area contributed by atoms with Gasteiger partial charge in [0.1, 0.15) is 5.75 Å². The molecule has 1 atom stereocenters. The Labute approximate surface area is 155 Å². The van der Waals surface area contributed by atoms with Crippen LogP contribution in [0.25, 0.3) is 11.3 Å². The molecule has 3 rings (SSSR count). The number of aromatic nitrogens is 1. The maximum Gasteiger partial charge on any atom is 0.208 e. The summed E-state index contributed by atoms with van der Waals surface area (Å²) >= 11 is 0. The van der Waals surface area contributed by atoms with Gasteiger partial charge in [0.05, 0.1) is 19.9 Å². The highest BCUT2D eigenvalue weighted by atomic mass is 16.5. The van der Waals surface area contributed by atoms with Crippen molar-refractivity contribution in [3.05, 3.63) is 72.2 Å². The van der Waals surface area contributed by atoms with Crippen molar-refractivity contribution in [2.45, 2.75) is 33.4 Å². The molecule has 26 heavy (non-hydrogen) atoms. The van der Waals surface area contributed by atoms with E-state index < -0.39 is 0 Å². The molecule has 136 valence electrons. The monoisotopic (exact) mass is 350 g/mol. The van der Waals surface area contributed by atoms with Crippen molar-refractivity contribution in [1.29, 1.82) is 0 Å². The predicted molar refractivity (Wildman–Crippen MR) is 104 cm³/mol. The van der Waals surface area contributed by atoms with Gasteiger partial charge in [0, 0.05) is 11.6 Å². The van der Waals surface area contributed by atoms with Gasteiger partial charge < -0.3 is 14.5 Å². The molecule has 4 nitrogen and oxygen atoms in total. The fourth-order valence-corrected chi connectivity index (χ4v) is 3.04. The molecule has 1 unspecified atom stereocenters. The zero-order chi connectivity index (χ0) is 18.6. The SMILES string of the molecule is COc1ccc(-c2cnc(CNC(c3ccccc3)C(C)(C)C)o2)cc1. The zero-order valence-electron chi connectivity index (χ0n) is 15.8. The summed E-state index contributed by atoms with van der Waals surface area (Å²) in [5.74, 6) is 2.27. The predicted octanol–water partition coefficient (Wildman–Crippen LogP) is 5.23. The first-order valence-corrected chi connectivity index (χ1v) is 8.85. The molecule has 0 saturated carbocycles. The molecule has 1 N–H and O–H groups in total. The van der Waals surface area contributed by atoms with Gasteiger partial charge in [-0.3, -0.25) is 0 Å². The number of ether oxygens (including phenoxy) is 1. The first kappa shape index (κ1) is 18.2. The molecular formula is C22H26N2O2. The second-order valence-electron chi connectivity index (χ2n) is 7.44. The standard InChI is InChI=1S/C22H26N2O2/c1-22(2,3)21(17-8-6-5-7-9-17)24-15-20-23-14-19(26-20)16-10-12-18(25-4)13-11-16/h5-14,21,24H,15H2,1-4H3. The summed E-state index contributed by atoms with van der Waals surface area (Å²) in [6.45, 7) is 7.27. The van der Waals surface area contributed by atoms with Crippen LogP contribution in [-0.4, -0.2) is 12.1 Å². The van der Waals surface area contributed by atoms with E-state index in [0.717, 1.165) is 17.1 Å². The topological polar surface area (TPSA) is 47.3 Å². The lowest BCUT2D eigenvalue weighted by molar-refractivity contribution is 0.263. The summed E-state index contributed by atoms with van der Waals surface area (Å²) in [5.41, 5.74) is 2.33. The van der Waals surface area contributed by atoms with Crippen LogP contribution in [0.2, 0.25) is 0 Å². The Balaban J connectivity index is 1.71. The largest absolute Gasteiger partial charge is 0.497 e. The van der Waals surface area contributed by atoms with Gasteiger partial charge in [-0.15, -0.1) is 0 Å². The maximum atomic E-state index is 5.93. The van der Waals surface area contributed by atoms with Crippen LogP contribution < -0.4 is 10.1 Å². The Kier molecular flexibility index (Phi) is 5.43. The third-order valence-corrected chi connectivity index (χ3v) is 4.38. The first-order valence-electron chi connectivity index (χ1n) is 8.85. The normalized spacial score (nSPS) is 12.8. The van der Waals surface area contributed by atoms with Gasteiger partial charge in [0.15, 0.2) is 5.76 Å². The van der Waals surface area contributed by atoms with Crippen molar-refractivity contribution < 1.29 is 9.15 Å². The molecular weight excluding hydrogens is 324 g/mol. The summed E-state index contributed by atoms with van der Waals surface area (Å²) in [5, 5.41) is 3.60. The number of oxazole rings is 1. The van der Waals surface area contributed by atoms with Crippen LogP contribution in [0.5, 0.6) is 5.75 Å². The summed E-state index contributed by atoms with van der Waals surface area (Å²) in [6.07, 6.45) is 1.77. The van der Waals surface area contributed by atoms with Crippen LogP contribution in [0.4, 0.5) is 0 Å². The lowest BCUT2D eigenvalue weighted by Gasteiger charge is -2.31. The van der Waals surface area contributed by atoms with Crippen molar-refractivity contribution in [2.24, 2.45) is 5.41 Å². The van der Waals surface area contributed by atoms with Crippen molar-refractivity contribution in [2.75, 3.05) is 7.11 Å². The lowest BCUT2D eigenvalue weighted by atomic mass is 9.82. The Morgan fingerprint density at radius 3 is 2.35 bits per heavy atom. The number of benzene rings is 2. The second kappa shape index (κ2) is 7.75. The van der Waals surface area contributed by atoms with E-state index in [0.29, 0.717) is 12.4 Å². The van der Waals surface area contributed by atoms with Crippen LogP contribution in [0.3, 0.4) is 0 Å². The van der Waals surface area contributed by atoms with E-state index in [1.54, 1.807) is 13.3 Å². The number of rotatable bonds is 6. The Bertz CT molecular complexity index is 817. The first-order chi connectivity index (χ1) is 12.5. The van der Waals surface area contributed by atoms with Gasteiger partial charge in [-0.2, -0.15) is 0 Å². The van der Waals surface area contributed by atoms with E-state index in [4.69, 9.17) is 9.15 Å². The van der Waals surface area contributed by atoms with Gasteiger partial charge in [-0.05, 0) is 35.2 Å². The zero-order valence-corrected chi connectivity index (χ0v) is 15.8.